The minimum Gasteiger partial charge on any atom is -0.497 e. The number of esters is 1. The van der Waals surface area contributed by atoms with E-state index in [4.69, 9.17) is 59.5 Å². The van der Waals surface area contributed by atoms with Crippen LogP contribution in [0.15, 0.2) is 107 Å². The van der Waals surface area contributed by atoms with Gasteiger partial charge in [-0.25, -0.2) is 19.3 Å². The van der Waals surface area contributed by atoms with E-state index in [2.05, 4.69) is 19.9 Å². The number of rotatable bonds is 17. The maximum Gasteiger partial charge on any atom is 0.337 e. The average Bonchev–Trinajstić information content (AvgIpc) is 4.04. The lowest BCUT2D eigenvalue weighted by Gasteiger charge is -2.37. The number of imidazole rings is 1. The number of nitrogens with zero attached hydrogens (tertiary/aromatic N) is 4. The molecule has 19 nitrogen and oxygen atoms in total. The zero-order valence-corrected chi connectivity index (χ0v) is 37.9. The predicted molar refractivity (Wildman–Crippen MR) is 238 cm³/mol. The van der Waals surface area contributed by atoms with E-state index in [1.54, 1.807) is 36.5 Å². The first-order valence-corrected chi connectivity index (χ1v) is 23.2. The van der Waals surface area contributed by atoms with Gasteiger partial charge in [0, 0.05) is 20.5 Å². The maximum atomic E-state index is 12.8. The molecule has 7 unspecified atom stereocenters. The summed E-state index contributed by atoms with van der Waals surface area (Å²) in [5.41, 5.74) is 7.15. The minimum atomic E-state index is -3.65. The number of hydrogen-bond acceptors (Lipinski definition) is 16. The molecule has 2 saturated heterocycles. The van der Waals surface area contributed by atoms with E-state index in [0.717, 1.165) is 16.7 Å². The molecule has 65 heavy (non-hydrogen) atoms. The number of methoxy groups -OCH3 is 2. The molecule has 2 aliphatic heterocycles. The Morgan fingerprint density at radius 2 is 1.55 bits per heavy atom. The second kappa shape index (κ2) is 19.3. The van der Waals surface area contributed by atoms with Crippen LogP contribution in [-0.2, 0) is 54.7 Å². The number of nitrogens with one attached hydrogen (secondary N) is 2. The molecule has 0 spiro atoms. The topological polar surface area (TPSA) is 226 Å². The Morgan fingerprint density at radius 1 is 0.908 bits per heavy atom. The van der Waals surface area contributed by atoms with Crippen molar-refractivity contribution in [2.75, 3.05) is 40.3 Å². The lowest BCUT2D eigenvalue weighted by atomic mass is 9.80. The minimum absolute atomic E-state index is 0.0693. The van der Waals surface area contributed by atoms with Crippen LogP contribution in [-0.4, -0.2) is 89.4 Å². The highest BCUT2D eigenvalue weighted by Gasteiger charge is 2.47. The van der Waals surface area contributed by atoms with Crippen molar-refractivity contribution in [2.24, 2.45) is 0 Å². The Kier molecular flexibility index (Phi) is 13.6. The molecule has 4 N–H and O–H groups in total. The molecule has 3 aromatic heterocycles. The van der Waals surface area contributed by atoms with Crippen LogP contribution in [0.25, 0.3) is 11.2 Å². The van der Waals surface area contributed by atoms with Crippen LogP contribution in [0.5, 0.6) is 11.5 Å². The van der Waals surface area contributed by atoms with Crippen LogP contribution in [0.2, 0.25) is 0 Å². The number of ether oxygens (including phenoxy) is 6. The molecule has 0 bridgehead atoms. The van der Waals surface area contributed by atoms with Gasteiger partial charge >= 0.3 is 18.2 Å². The molecule has 0 amide bonds. The van der Waals surface area contributed by atoms with Gasteiger partial charge in [0.15, 0.2) is 11.2 Å². The summed E-state index contributed by atoms with van der Waals surface area (Å²) in [7, 11) is 4.59. The zero-order chi connectivity index (χ0) is 45.9. The largest absolute Gasteiger partial charge is 0.497 e. The first-order valence-electron chi connectivity index (χ1n) is 20.6. The van der Waals surface area contributed by atoms with Gasteiger partial charge in [0.1, 0.15) is 47.8 Å². The molecule has 6 aromatic rings. The zero-order valence-electron chi connectivity index (χ0n) is 36.2. The van der Waals surface area contributed by atoms with Crippen molar-refractivity contribution in [1.82, 2.24) is 24.5 Å². The number of H-pyrrole nitrogens is 2. The molecular formula is C44H49N7O12PS+. The standard InChI is InChI=1S/C44H48N7O12PS/c1-26-21-50(24-47-41(26)53)37-19-33(60-27(2)52)36(61-37)23-59-64(65,57-5)63-34-20-38(51-25-46-39-40(51)48-43(45)49-42(39)54)62-35(34)22-58-44(28-9-7-6-8-10-28,29-11-15-31(55-3)16-12-29)30-13-17-32(56-4)18-14-30/h6-18,21,24-25,33-38H,19-20,22-23H2,1-5H3,(H3,45,48,49,54)/p+1. The summed E-state index contributed by atoms with van der Waals surface area (Å²) in [5.74, 6) is 0.722. The van der Waals surface area contributed by atoms with Gasteiger partial charge in [-0.05, 0) is 59.7 Å². The molecule has 3 aromatic carbocycles. The van der Waals surface area contributed by atoms with Crippen LogP contribution in [0.4, 0.5) is 5.95 Å². The van der Waals surface area contributed by atoms with Crippen LogP contribution < -0.4 is 30.9 Å². The second-order valence-electron chi connectivity index (χ2n) is 15.4. The first kappa shape index (κ1) is 45.7. The number of aromatic amines is 2. The highest BCUT2D eigenvalue weighted by atomic mass is 32.5. The van der Waals surface area contributed by atoms with E-state index in [-0.39, 0.29) is 48.7 Å². The van der Waals surface area contributed by atoms with Crippen molar-refractivity contribution < 1.29 is 51.4 Å². The monoisotopic (exact) mass is 930 g/mol. The Hall–Kier alpha value is -5.83. The second-order valence-corrected chi connectivity index (χ2v) is 18.5. The molecule has 0 aliphatic carbocycles. The smallest absolute Gasteiger partial charge is 0.337 e. The molecule has 2 aliphatic rings. The van der Waals surface area contributed by atoms with Gasteiger partial charge < -0.3 is 47.7 Å². The van der Waals surface area contributed by atoms with E-state index in [0.29, 0.717) is 17.1 Å². The summed E-state index contributed by atoms with van der Waals surface area (Å²) in [6.07, 6.45) is 0.416. The van der Waals surface area contributed by atoms with Crippen molar-refractivity contribution in [2.45, 2.75) is 69.2 Å². The molecule has 21 heteroatoms. The third-order valence-electron chi connectivity index (χ3n) is 11.3. The Bertz CT molecular complexity index is 2740. The molecule has 0 saturated carbocycles. The number of aryl methyl sites for hydroxylation is 1. The van der Waals surface area contributed by atoms with Gasteiger partial charge in [0.2, 0.25) is 18.5 Å². The van der Waals surface area contributed by atoms with Crippen molar-refractivity contribution in [3.63, 3.8) is 0 Å². The SMILES string of the molecule is COc1ccc(C(OCC2OC(n3cnc4c(=O)[nH]c(N)nc43)CC2OP(=S)(OC)OCC2OC([n+]3c[nH]c(=O)c(C)c3)CC2OC(C)=O)(c2ccccc2)c2ccc(OC)cc2)cc1. The highest BCUT2D eigenvalue weighted by Crippen LogP contribution is 2.54. The van der Waals surface area contributed by atoms with Gasteiger partial charge in [-0.2, -0.15) is 4.98 Å². The third-order valence-corrected chi connectivity index (χ3v) is 13.8. The van der Waals surface area contributed by atoms with Crippen LogP contribution in [0.3, 0.4) is 0 Å². The Labute approximate surface area is 377 Å². The fourth-order valence-electron chi connectivity index (χ4n) is 8.13. The Morgan fingerprint density at radius 3 is 2.17 bits per heavy atom. The number of nitrogen functional groups attached to an aromatic ring is 1. The fraction of sp³-hybridized carbons (Fsp3) is 0.364. The number of anilines is 1. The molecule has 7 atom stereocenters. The molecule has 2 fully saturated rings. The normalized spacial score (nSPS) is 21.9. The van der Waals surface area contributed by atoms with Crippen molar-refractivity contribution in [3.8, 4) is 11.5 Å². The van der Waals surface area contributed by atoms with Crippen molar-refractivity contribution in [3.05, 3.63) is 141 Å². The highest BCUT2D eigenvalue weighted by molar-refractivity contribution is 8.07. The van der Waals surface area contributed by atoms with Crippen molar-refractivity contribution >= 4 is 41.6 Å². The molecule has 8 rings (SSSR count). The number of carbonyl (C=O) groups is 1. The summed E-state index contributed by atoms with van der Waals surface area (Å²) >= 11 is 6.02. The lowest BCUT2D eigenvalue weighted by molar-refractivity contribution is -0.762. The summed E-state index contributed by atoms with van der Waals surface area (Å²) in [6, 6.07) is 25.0. The van der Waals surface area contributed by atoms with E-state index >= 15 is 0 Å². The van der Waals surface area contributed by atoms with E-state index < -0.39 is 60.7 Å². The number of carbonyl (C=O) groups excluding carboxylic acids is 1. The van der Waals surface area contributed by atoms with Gasteiger partial charge in [0.05, 0.1) is 51.8 Å². The van der Waals surface area contributed by atoms with Crippen molar-refractivity contribution in [1.29, 1.82) is 0 Å². The van der Waals surface area contributed by atoms with Gasteiger partial charge in [0.25, 0.3) is 5.56 Å². The summed E-state index contributed by atoms with van der Waals surface area (Å²) < 4.78 is 59.2. The van der Waals surface area contributed by atoms with Crippen LogP contribution in [0.1, 0.15) is 54.5 Å². The fourth-order valence-corrected chi connectivity index (χ4v) is 9.78. The maximum absolute atomic E-state index is 12.8. The van der Waals surface area contributed by atoms with E-state index in [1.807, 2.05) is 78.9 Å². The molecule has 5 heterocycles. The number of benzene rings is 3. The number of nitrogens with two attached hydrogens (primary N) is 1. The summed E-state index contributed by atoms with van der Waals surface area (Å²) in [6.45, 7) is -0.916. The first-order chi connectivity index (χ1) is 31.3. The number of aromatic nitrogens is 6. The molecule has 342 valence electrons. The van der Waals surface area contributed by atoms with Gasteiger partial charge in [-0.3, -0.25) is 19.1 Å². The van der Waals surface area contributed by atoms with Gasteiger partial charge in [-0.15, -0.1) is 0 Å². The number of fused-ring (bicyclic) bond motifs is 1. The van der Waals surface area contributed by atoms with E-state index in [1.165, 1.54) is 26.7 Å². The molecular weight excluding hydrogens is 882 g/mol. The Balaban J connectivity index is 1.13. The predicted octanol–water partition coefficient (Wildman–Crippen LogP) is 4.49. The van der Waals surface area contributed by atoms with E-state index in [9.17, 15) is 14.4 Å². The number of hydrogen-bond donors (Lipinski definition) is 3. The molecule has 0 radical (unpaired) electrons. The van der Waals surface area contributed by atoms with Crippen LogP contribution in [0, 0.1) is 6.92 Å². The lowest BCUT2D eigenvalue weighted by Crippen LogP contribution is -2.42. The summed E-state index contributed by atoms with van der Waals surface area (Å²) in [5, 5.41) is 0. The quantitative estimate of drug-likeness (QED) is 0.0496. The van der Waals surface area contributed by atoms with Gasteiger partial charge in [-0.1, -0.05) is 54.6 Å². The summed E-state index contributed by atoms with van der Waals surface area (Å²) in [4.78, 5) is 51.0. The third kappa shape index (κ3) is 9.61. The van der Waals surface area contributed by atoms with Crippen LogP contribution >= 0.6 is 6.72 Å². The average molecular weight is 931 g/mol.